The van der Waals surface area contributed by atoms with Crippen molar-refractivity contribution in [2.75, 3.05) is 6.54 Å². The van der Waals surface area contributed by atoms with Crippen molar-refractivity contribution in [2.45, 2.75) is 19.8 Å². The summed E-state index contributed by atoms with van der Waals surface area (Å²) in [5.41, 5.74) is 0.766. The van der Waals surface area contributed by atoms with Gasteiger partial charge in [0.05, 0.1) is 0 Å². The molecule has 0 bridgehead atoms. The third kappa shape index (κ3) is 5.89. The van der Waals surface area contributed by atoms with Crippen molar-refractivity contribution in [1.29, 1.82) is 0 Å². The van der Waals surface area contributed by atoms with Gasteiger partial charge in [-0.05, 0) is 23.6 Å². The summed E-state index contributed by atoms with van der Waals surface area (Å²) in [6.45, 7) is 2.26. The van der Waals surface area contributed by atoms with E-state index in [2.05, 4.69) is 5.32 Å². The molecule has 0 saturated carbocycles. The van der Waals surface area contributed by atoms with Crippen LogP contribution in [0.2, 0.25) is 5.02 Å². The Balaban J connectivity index is 2.47. The van der Waals surface area contributed by atoms with Crippen LogP contribution in [-0.4, -0.2) is 23.5 Å². The fraction of sp³-hybridized carbons (Fsp3) is 0.333. The zero-order valence-corrected chi connectivity index (χ0v) is 12.1. The molecule has 0 fully saturated rings. The molecule has 0 spiro atoms. The summed E-state index contributed by atoms with van der Waals surface area (Å²) < 4.78 is 0. The minimum atomic E-state index is -0.849. The van der Waals surface area contributed by atoms with Crippen LogP contribution in [0.5, 0.6) is 0 Å². The van der Waals surface area contributed by atoms with E-state index in [9.17, 15) is 9.59 Å². The summed E-state index contributed by atoms with van der Waals surface area (Å²) in [5.74, 6) is -1.16. The van der Waals surface area contributed by atoms with Crippen molar-refractivity contribution in [3.8, 4) is 0 Å². The van der Waals surface area contributed by atoms with Crippen LogP contribution < -0.4 is 5.32 Å². The molecule has 0 heterocycles. The first-order chi connectivity index (χ1) is 9.52. The number of rotatable bonds is 7. The molecule has 2 N–H and O–H groups in total. The highest BCUT2D eigenvalue weighted by atomic mass is 35.5. The van der Waals surface area contributed by atoms with E-state index >= 15 is 0 Å². The van der Waals surface area contributed by atoms with E-state index in [1.165, 1.54) is 6.08 Å². The van der Waals surface area contributed by atoms with Gasteiger partial charge in [0, 0.05) is 24.1 Å². The molecule has 1 unspecified atom stereocenters. The standard InChI is InChI=1S/C15H18ClNO3/c1-2-11(9-15(19)20)10-17-14(18)8-7-12-5-3-4-6-13(12)16/h3-8,11H,2,9-10H2,1H3,(H,17,18)(H,19,20)/b8-7+. The fourth-order valence-electron chi connectivity index (χ4n) is 1.69. The molecule has 108 valence electrons. The number of carbonyl (C=O) groups is 2. The lowest BCUT2D eigenvalue weighted by Gasteiger charge is -2.12. The number of nitrogens with one attached hydrogen (secondary N) is 1. The highest BCUT2D eigenvalue weighted by Crippen LogP contribution is 2.16. The predicted molar refractivity (Wildman–Crippen MR) is 79.5 cm³/mol. The molecule has 5 heteroatoms. The summed E-state index contributed by atoms with van der Waals surface area (Å²) >= 11 is 5.97. The van der Waals surface area contributed by atoms with Crippen molar-refractivity contribution >= 4 is 29.6 Å². The molecule has 0 saturated heterocycles. The maximum atomic E-state index is 11.6. The number of carbonyl (C=O) groups excluding carboxylic acids is 1. The van der Waals surface area contributed by atoms with Gasteiger partial charge in [-0.15, -0.1) is 0 Å². The van der Waals surface area contributed by atoms with Gasteiger partial charge in [-0.2, -0.15) is 0 Å². The molecule has 20 heavy (non-hydrogen) atoms. The highest BCUT2D eigenvalue weighted by Gasteiger charge is 2.11. The third-order valence-corrected chi connectivity index (χ3v) is 3.27. The van der Waals surface area contributed by atoms with Crippen LogP contribution in [-0.2, 0) is 9.59 Å². The highest BCUT2D eigenvalue weighted by molar-refractivity contribution is 6.32. The Kier molecular flexibility index (Phi) is 6.81. The molecule has 1 aromatic carbocycles. The third-order valence-electron chi connectivity index (χ3n) is 2.93. The second-order valence-corrected chi connectivity index (χ2v) is 4.88. The number of carboxylic acid groups (broad SMARTS) is 1. The molecule has 0 aliphatic rings. The van der Waals surface area contributed by atoms with E-state index in [-0.39, 0.29) is 18.2 Å². The Morgan fingerprint density at radius 1 is 1.40 bits per heavy atom. The van der Waals surface area contributed by atoms with Crippen LogP contribution in [0.4, 0.5) is 0 Å². The summed E-state index contributed by atoms with van der Waals surface area (Å²) in [5, 5.41) is 12.0. The summed E-state index contributed by atoms with van der Waals surface area (Å²) in [6, 6.07) is 7.21. The molecular formula is C15H18ClNO3. The monoisotopic (exact) mass is 295 g/mol. The number of aliphatic carboxylic acids is 1. The van der Waals surface area contributed by atoms with Crippen LogP contribution >= 0.6 is 11.6 Å². The van der Waals surface area contributed by atoms with E-state index in [1.807, 2.05) is 25.1 Å². The Bertz CT molecular complexity index is 500. The van der Waals surface area contributed by atoms with Crippen LogP contribution in [0, 0.1) is 5.92 Å². The van der Waals surface area contributed by atoms with E-state index in [4.69, 9.17) is 16.7 Å². The minimum Gasteiger partial charge on any atom is -0.481 e. The molecule has 0 aromatic heterocycles. The summed E-state index contributed by atoms with van der Waals surface area (Å²) in [4.78, 5) is 22.3. The van der Waals surface area contributed by atoms with Crippen LogP contribution in [0.25, 0.3) is 6.08 Å². The number of hydrogen-bond donors (Lipinski definition) is 2. The number of carboxylic acids is 1. The van der Waals surface area contributed by atoms with E-state index < -0.39 is 5.97 Å². The second-order valence-electron chi connectivity index (χ2n) is 4.47. The van der Waals surface area contributed by atoms with Crippen LogP contribution in [0.1, 0.15) is 25.3 Å². The maximum absolute atomic E-state index is 11.6. The second kappa shape index (κ2) is 8.38. The van der Waals surface area contributed by atoms with E-state index in [0.717, 1.165) is 5.56 Å². The van der Waals surface area contributed by atoms with Crippen molar-refractivity contribution in [3.05, 3.63) is 40.9 Å². The molecule has 1 atom stereocenters. The smallest absolute Gasteiger partial charge is 0.303 e. The zero-order chi connectivity index (χ0) is 15.0. The molecule has 4 nitrogen and oxygen atoms in total. The van der Waals surface area contributed by atoms with Gasteiger partial charge in [0.25, 0.3) is 0 Å². The zero-order valence-electron chi connectivity index (χ0n) is 11.3. The Labute approximate surface area is 123 Å². The van der Waals surface area contributed by atoms with Gasteiger partial charge >= 0.3 is 5.97 Å². The molecule has 1 amide bonds. The quantitative estimate of drug-likeness (QED) is 0.760. The SMILES string of the molecule is CCC(CNC(=O)/C=C/c1ccccc1Cl)CC(=O)O. The van der Waals surface area contributed by atoms with Gasteiger partial charge in [0.15, 0.2) is 0 Å². The van der Waals surface area contributed by atoms with Crippen molar-refractivity contribution in [1.82, 2.24) is 5.32 Å². The van der Waals surface area contributed by atoms with Gasteiger partial charge in [-0.3, -0.25) is 9.59 Å². The number of benzene rings is 1. The lowest BCUT2D eigenvalue weighted by molar-refractivity contribution is -0.138. The minimum absolute atomic E-state index is 0.0508. The number of amides is 1. The van der Waals surface area contributed by atoms with Gasteiger partial charge in [-0.25, -0.2) is 0 Å². The first-order valence-corrected chi connectivity index (χ1v) is 6.83. The van der Waals surface area contributed by atoms with Crippen molar-refractivity contribution in [2.24, 2.45) is 5.92 Å². The largest absolute Gasteiger partial charge is 0.481 e. The Hall–Kier alpha value is -1.81. The van der Waals surface area contributed by atoms with Gasteiger partial charge in [0.2, 0.25) is 5.91 Å². The predicted octanol–water partition coefficient (Wildman–Crippen LogP) is 2.97. The van der Waals surface area contributed by atoms with E-state index in [1.54, 1.807) is 12.1 Å². The Morgan fingerprint density at radius 2 is 2.10 bits per heavy atom. The maximum Gasteiger partial charge on any atom is 0.303 e. The van der Waals surface area contributed by atoms with Gasteiger partial charge in [-0.1, -0.05) is 43.1 Å². The first-order valence-electron chi connectivity index (χ1n) is 6.45. The van der Waals surface area contributed by atoms with E-state index in [0.29, 0.717) is 18.0 Å². The fourth-order valence-corrected chi connectivity index (χ4v) is 1.89. The molecule has 1 rings (SSSR count). The summed E-state index contributed by atoms with van der Waals surface area (Å²) in [7, 11) is 0. The first kappa shape index (κ1) is 16.2. The lowest BCUT2D eigenvalue weighted by Crippen LogP contribution is -2.28. The average molecular weight is 296 g/mol. The van der Waals surface area contributed by atoms with Crippen molar-refractivity contribution in [3.63, 3.8) is 0 Å². The number of hydrogen-bond acceptors (Lipinski definition) is 2. The summed E-state index contributed by atoms with van der Waals surface area (Å²) in [6.07, 6.45) is 3.80. The topological polar surface area (TPSA) is 66.4 Å². The molecule has 0 radical (unpaired) electrons. The van der Waals surface area contributed by atoms with Crippen LogP contribution in [0.15, 0.2) is 30.3 Å². The molecule has 0 aliphatic heterocycles. The average Bonchev–Trinajstić information content (AvgIpc) is 2.42. The van der Waals surface area contributed by atoms with Gasteiger partial charge < -0.3 is 10.4 Å². The molecular weight excluding hydrogens is 278 g/mol. The lowest BCUT2D eigenvalue weighted by atomic mass is 10.0. The van der Waals surface area contributed by atoms with Gasteiger partial charge in [0.1, 0.15) is 0 Å². The van der Waals surface area contributed by atoms with Crippen LogP contribution in [0.3, 0.4) is 0 Å². The normalized spacial score (nSPS) is 12.3. The molecule has 1 aromatic rings. The number of halogens is 1. The molecule has 0 aliphatic carbocycles. The Morgan fingerprint density at radius 3 is 2.70 bits per heavy atom. The van der Waals surface area contributed by atoms with Crippen molar-refractivity contribution < 1.29 is 14.7 Å².